The number of hydrogen-bond donors (Lipinski definition) is 0. The summed E-state index contributed by atoms with van der Waals surface area (Å²) in [5.74, 6) is -0.365. The Balaban J connectivity index is 2.11. The number of carbonyl (C=O) groups excluding carboxylic acids is 1. The molecule has 0 aliphatic rings. The van der Waals surface area contributed by atoms with Crippen LogP contribution in [0.3, 0.4) is 0 Å². The van der Waals surface area contributed by atoms with Gasteiger partial charge in [-0.1, -0.05) is 0 Å². The van der Waals surface area contributed by atoms with E-state index in [1.165, 1.54) is 6.33 Å². The molecule has 0 N–H and O–H groups in total. The van der Waals surface area contributed by atoms with Crippen LogP contribution >= 0.6 is 0 Å². The topological polar surface area (TPSA) is 67.7 Å². The lowest BCUT2D eigenvalue weighted by Crippen LogP contribution is -2.14. The van der Waals surface area contributed by atoms with Crippen LogP contribution in [-0.4, -0.2) is 40.8 Å². The molecule has 1 heterocycles. The molecule has 0 unspecified atom stereocenters. The molecule has 0 amide bonds. The fourth-order valence-electron chi connectivity index (χ4n) is 2.02. The molecule has 0 bridgehead atoms. The number of carbonyl (C=O) groups is 1. The molecule has 0 radical (unpaired) electrons. The molecule has 0 saturated heterocycles. The average Bonchev–Trinajstić information content (AvgIpc) is 2.60. The molecular weight excluding hydrogens is 304 g/mol. The van der Waals surface area contributed by atoms with Crippen molar-refractivity contribution in [2.24, 2.45) is 4.99 Å². The van der Waals surface area contributed by atoms with E-state index in [1.807, 2.05) is 37.9 Å². The van der Waals surface area contributed by atoms with E-state index >= 15 is 0 Å². The van der Waals surface area contributed by atoms with Gasteiger partial charge in [0, 0.05) is 19.8 Å². The van der Waals surface area contributed by atoms with Gasteiger partial charge in [0.25, 0.3) is 0 Å². The predicted molar refractivity (Wildman–Crippen MR) is 93.5 cm³/mol. The number of hydrogen-bond acceptors (Lipinski definition) is 5. The van der Waals surface area contributed by atoms with Gasteiger partial charge in [0.1, 0.15) is 12.9 Å². The van der Waals surface area contributed by atoms with Gasteiger partial charge in [0.05, 0.1) is 23.3 Å². The van der Waals surface area contributed by atoms with Crippen molar-refractivity contribution in [3.05, 3.63) is 53.1 Å². The minimum atomic E-state index is -0.365. The highest BCUT2D eigenvalue weighted by atomic mass is 16.5. The van der Waals surface area contributed by atoms with Crippen LogP contribution in [0.1, 0.15) is 34.1 Å². The molecule has 6 heteroatoms. The smallest absolute Gasteiger partial charge is 0.338 e. The summed E-state index contributed by atoms with van der Waals surface area (Å²) in [6.45, 7) is 6.87. The highest BCUT2D eigenvalue weighted by Crippen LogP contribution is 2.24. The Morgan fingerprint density at radius 2 is 2.12 bits per heavy atom. The summed E-state index contributed by atoms with van der Waals surface area (Å²) in [7, 11) is 1.96. The third-order valence-electron chi connectivity index (χ3n) is 3.65. The second kappa shape index (κ2) is 8.19. The van der Waals surface area contributed by atoms with Crippen molar-refractivity contribution in [1.82, 2.24) is 14.9 Å². The van der Waals surface area contributed by atoms with E-state index in [-0.39, 0.29) is 12.6 Å². The Morgan fingerprint density at radius 3 is 2.79 bits per heavy atom. The number of aliphatic imine (C=N–C) groups is 1. The Morgan fingerprint density at radius 1 is 1.33 bits per heavy atom. The number of benzene rings is 1. The lowest BCUT2D eigenvalue weighted by molar-refractivity contribution is 0.0466. The van der Waals surface area contributed by atoms with E-state index in [0.29, 0.717) is 11.3 Å². The molecule has 0 fully saturated rings. The summed E-state index contributed by atoms with van der Waals surface area (Å²) in [5.41, 5.74) is 3.82. The van der Waals surface area contributed by atoms with Crippen LogP contribution in [-0.2, 0) is 11.3 Å². The van der Waals surface area contributed by atoms with Gasteiger partial charge in [-0.2, -0.15) is 0 Å². The van der Waals surface area contributed by atoms with Gasteiger partial charge in [0.15, 0.2) is 0 Å². The monoisotopic (exact) mass is 326 g/mol. The van der Waals surface area contributed by atoms with Crippen molar-refractivity contribution < 1.29 is 9.53 Å². The fourth-order valence-corrected chi connectivity index (χ4v) is 2.02. The first-order chi connectivity index (χ1) is 11.5. The SMILES string of the molecule is CCN(C)C=Nc1cc(C)c(C(=O)OCc2ccncn2)cc1C. The summed E-state index contributed by atoms with van der Waals surface area (Å²) in [5, 5.41) is 0. The van der Waals surface area contributed by atoms with Gasteiger partial charge in [-0.25, -0.2) is 19.8 Å². The Hall–Kier alpha value is -2.76. The second-order valence-electron chi connectivity index (χ2n) is 5.55. The van der Waals surface area contributed by atoms with Crippen LogP contribution < -0.4 is 0 Å². The van der Waals surface area contributed by atoms with Gasteiger partial charge in [0.2, 0.25) is 0 Å². The lowest BCUT2D eigenvalue weighted by Gasteiger charge is -2.11. The van der Waals surface area contributed by atoms with E-state index in [0.717, 1.165) is 23.4 Å². The van der Waals surface area contributed by atoms with Crippen LogP contribution in [0.15, 0.2) is 35.7 Å². The summed E-state index contributed by atoms with van der Waals surface area (Å²) in [4.78, 5) is 26.6. The maximum Gasteiger partial charge on any atom is 0.338 e. The van der Waals surface area contributed by atoms with Gasteiger partial charge < -0.3 is 9.64 Å². The van der Waals surface area contributed by atoms with Gasteiger partial charge in [-0.05, 0) is 50.1 Å². The summed E-state index contributed by atoms with van der Waals surface area (Å²) < 4.78 is 5.33. The van der Waals surface area contributed by atoms with Gasteiger partial charge in [-0.15, -0.1) is 0 Å². The molecule has 24 heavy (non-hydrogen) atoms. The normalized spacial score (nSPS) is 10.8. The molecule has 0 aliphatic carbocycles. The molecule has 2 rings (SSSR count). The average molecular weight is 326 g/mol. The predicted octanol–water partition coefficient (Wildman–Crippen LogP) is 3.06. The third kappa shape index (κ3) is 4.62. The molecule has 1 aromatic carbocycles. The molecule has 0 saturated carbocycles. The molecule has 0 atom stereocenters. The molecule has 126 valence electrons. The van der Waals surface area contributed by atoms with Crippen molar-refractivity contribution in [3.63, 3.8) is 0 Å². The zero-order valence-electron chi connectivity index (χ0n) is 14.5. The van der Waals surface area contributed by atoms with Crippen LogP contribution in [0.2, 0.25) is 0 Å². The minimum Gasteiger partial charge on any atom is -0.456 e. The molecule has 0 aliphatic heterocycles. The molecular formula is C18H22N4O2. The first-order valence-electron chi connectivity index (χ1n) is 7.79. The number of nitrogens with zero attached hydrogens (tertiary/aromatic N) is 4. The zero-order chi connectivity index (χ0) is 17.5. The maximum absolute atomic E-state index is 12.3. The highest BCUT2D eigenvalue weighted by Gasteiger charge is 2.13. The number of aromatic nitrogens is 2. The Labute approximate surface area is 142 Å². The van der Waals surface area contributed by atoms with E-state index < -0.39 is 0 Å². The number of aryl methyl sites for hydroxylation is 2. The highest BCUT2D eigenvalue weighted by molar-refractivity contribution is 5.92. The van der Waals surface area contributed by atoms with Crippen LogP contribution in [0.4, 0.5) is 5.69 Å². The van der Waals surface area contributed by atoms with Crippen LogP contribution in [0.25, 0.3) is 0 Å². The number of esters is 1. The quantitative estimate of drug-likeness (QED) is 0.464. The third-order valence-corrected chi connectivity index (χ3v) is 3.65. The van der Waals surface area contributed by atoms with Crippen molar-refractivity contribution >= 4 is 18.0 Å². The number of rotatable bonds is 6. The summed E-state index contributed by atoms with van der Waals surface area (Å²) >= 11 is 0. The van der Waals surface area contributed by atoms with E-state index in [1.54, 1.807) is 18.6 Å². The lowest BCUT2D eigenvalue weighted by atomic mass is 10.0. The summed E-state index contributed by atoms with van der Waals surface area (Å²) in [6, 6.07) is 5.43. The van der Waals surface area contributed by atoms with Gasteiger partial charge in [-0.3, -0.25) is 0 Å². The zero-order valence-corrected chi connectivity index (χ0v) is 14.5. The van der Waals surface area contributed by atoms with Crippen molar-refractivity contribution in [3.8, 4) is 0 Å². The Bertz CT molecular complexity index is 729. The molecule has 2 aromatic rings. The maximum atomic E-state index is 12.3. The van der Waals surface area contributed by atoms with Crippen molar-refractivity contribution in [2.75, 3.05) is 13.6 Å². The first kappa shape index (κ1) is 17.6. The van der Waals surface area contributed by atoms with E-state index in [4.69, 9.17) is 4.74 Å². The van der Waals surface area contributed by atoms with Crippen molar-refractivity contribution in [2.45, 2.75) is 27.4 Å². The molecule has 6 nitrogen and oxygen atoms in total. The molecule has 0 spiro atoms. The second-order valence-corrected chi connectivity index (χ2v) is 5.55. The standard InChI is InChI=1S/C18H22N4O2/c1-5-22(4)12-21-17-9-13(2)16(8-14(17)3)18(23)24-10-15-6-7-19-11-20-15/h6-9,11-12H,5,10H2,1-4H3. The molecule has 1 aromatic heterocycles. The van der Waals surface area contributed by atoms with Crippen LogP contribution in [0.5, 0.6) is 0 Å². The fraction of sp³-hybridized carbons (Fsp3) is 0.333. The minimum absolute atomic E-state index is 0.126. The van der Waals surface area contributed by atoms with Crippen LogP contribution in [0, 0.1) is 13.8 Å². The first-order valence-corrected chi connectivity index (χ1v) is 7.79. The largest absolute Gasteiger partial charge is 0.456 e. The van der Waals surface area contributed by atoms with E-state index in [2.05, 4.69) is 21.9 Å². The van der Waals surface area contributed by atoms with Gasteiger partial charge >= 0.3 is 5.97 Å². The number of ether oxygens (including phenoxy) is 1. The van der Waals surface area contributed by atoms with Crippen molar-refractivity contribution in [1.29, 1.82) is 0 Å². The summed E-state index contributed by atoms with van der Waals surface area (Å²) in [6.07, 6.45) is 4.83. The van der Waals surface area contributed by atoms with E-state index in [9.17, 15) is 4.79 Å². The Kier molecular flexibility index (Phi) is 6.01.